The number of nitrogens with zero attached hydrogens (tertiary/aromatic N) is 7. The molecule has 2 fully saturated rings. The molecule has 2 atom stereocenters. The van der Waals surface area contributed by atoms with Gasteiger partial charge >= 0.3 is 16.3 Å². The lowest BCUT2D eigenvalue weighted by Gasteiger charge is -2.43. The zero-order valence-electron chi connectivity index (χ0n) is 22.5. The van der Waals surface area contributed by atoms with Crippen LogP contribution in [0.1, 0.15) is 29.8 Å². The summed E-state index contributed by atoms with van der Waals surface area (Å²) >= 11 is 0.978. The largest absolute Gasteiger partial charge is 0.478 e. The van der Waals surface area contributed by atoms with Gasteiger partial charge in [0, 0.05) is 42.9 Å². The molecule has 6 N–H and O–H groups in total. The third-order valence-electron chi connectivity index (χ3n) is 6.66. The smallest absolute Gasteiger partial charge is 0.362 e. The van der Waals surface area contributed by atoms with Gasteiger partial charge < -0.3 is 26.3 Å². The third-order valence-corrected chi connectivity index (χ3v) is 8.28. The van der Waals surface area contributed by atoms with Crippen molar-refractivity contribution < 1.29 is 41.9 Å². The Balaban J connectivity index is 1.29. The van der Waals surface area contributed by atoms with Crippen LogP contribution in [-0.4, -0.2) is 83.5 Å². The molecule has 18 nitrogen and oxygen atoms in total. The molecule has 1 aliphatic carbocycles. The number of thiazole rings is 1. The summed E-state index contributed by atoms with van der Waals surface area (Å²) in [6.45, 7) is 0.577. The summed E-state index contributed by atoms with van der Waals surface area (Å²) in [5.74, 6) is -3.40. The topological polar surface area (TPSA) is 248 Å². The molecule has 3 aromatic rings. The van der Waals surface area contributed by atoms with Gasteiger partial charge in [0.15, 0.2) is 23.2 Å². The Morgan fingerprint density at radius 3 is 2.74 bits per heavy atom. The predicted molar refractivity (Wildman–Crippen MR) is 146 cm³/mol. The van der Waals surface area contributed by atoms with Crippen molar-refractivity contribution in [1.82, 2.24) is 34.9 Å². The molecule has 0 unspecified atom stereocenters. The highest BCUT2D eigenvalue weighted by Gasteiger charge is 2.56. The summed E-state index contributed by atoms with van der Waals surface area (Å²) < 4.78 is 35.7. The first-order valence-electron chi connectivity index (χ1n) is 12.7. The van der Waals surface area contributed by atoms with Gasteiger partial charge in [0.05, 0.1) is 18.4 Å². The maximum atomic E-state index is 13.2. The number of nitrogens with one attached hydrogen (secondary N) is 2. The molecule has 4 heterocycles. The van der Waals surface area contributed by atoms with E-state index in [1.807, 2.05) is 36.1 Å². The summed E-state index contributed by atoms with van der Waals surface area (Å²) in [7, 11) is -3.09. The van der Waals surface area contributed by atoms with E-state index < -0.39 is 51.5 Å². The zero-order chi connectivity index (χ0) is 30.9. The van der Waals surface area contributed by atoms with E-state index in [1.54, 1.807) is 0 Å². The highest BCUT2D eigenvalue weighted by Crippen LogP contribution is 2.40. The van der Waals surface area contributed by atoms with Gasteiger partial charge in [-0.1, -0.05) is 5.16 Å². The number of aromatic nitrogens is 5. The summed E-state index contributed by atoms with van der Waals surface area (Å²) in [4.78, 5) is 47.8. The standard InChI is InChI=1S/C23H26N10O8S2/c1-31-6-2-3-13(10-31)7-25-8-14-9-26-32(29-14)11-16-18(20(35)33(16)43(38,39)40)28-19(34)17(15-12-42-22(24)27-15)30-41-23(4-5-23)21(36)37/h2-3,6,9-10,12,16,18,25H,4-5,7-8,11H2,1H3,(H4-,24,27,28,34,36,37,38,39,40)/p+1/b30-17+/t16-,18+/m1/s1. The fourth-order valence-electron chi connectivity index (χ4n) is 4.30. The van der Waals surface area contributed by atoms with Crippen LogP contribution >= 0.6 is 11.3 Å². The second kappa shape index (κ2) is 11.6. The number of aryl methyl sites for hydroxylation is 1. The van der Waals surface area contributed by atoms with Crippen LogP contribution in [0.15, 0.2) is 41.3 Å². The summed E-state index contributed by atoms with van der Waals surface area (Å²) in [5, 5.41) is 28.5. The van der Waals surface area contributed by atoms with Crippen molar-refractivity contribution in [1.29, 1.82) is 0 Å². The highest BCUT2D eigenvalue weighted by atomic mass is 32.2. The summed E-state index contributed by atoms with van der Waals surface area (Å²) in [5.41, 5.74) is 5.12. The van der Waals surface area contributed by atoms with E-state index in [4.69, 9.17) is 10.6 Å². The highest BCUT2D eigenvalue weighted by molar-refractivity contribution is 7.84. The fraction of sp³-hybridized carbons (Fsp3) is 0.391. The molecule has 20 heteroatoms. The molecular formula is C23H27N10O8S2+. The van der Waals surface area contributed by atoms with Gasteiger partial charge in [0.2, 0.25) is 5.60 Å². The second-order valence-electron chi connectivity index (χ2n) is 9.90. The predicted octanol–water partition coefficient (Wildman–Crippen LogP) is -2.03. The van der Waals surface area contributed by atoms with Crippen LogP contribution in [-0.2, 0) is 56.2 Å². The number of β-lactam (4-membered cyclic amide) rings is 1. The van der Waals surface area contributed by atoms with Crippen LogP contribution in [0.4, 0.5) is 5.13 Å². The lowest BCUT2D eigenvalue weighted by molar-refractivity contribution is -0.671. The lowest BCUT2D eigenvalue weighted by atomic mass is 9.98. The zero-order valence-corrected chi connectivity index (χ0v) is 24.2. The van der Waals surface area contributed by atoms with Crippen molar-refractivity contribution in [3.05, 3.63) is 53.1 Å². The number of carbonyl (C=O) groups excluding carboxylic acids is 2. The van der Waals surface area contributed by atoms with Crippen LogP contribution in [0.2, 0.25) is 0 Å². The number of nitrogens with two attached hydrogens (primary N) is 1. The van der Waals surface area contributed by atoms with Crippen LogP contribution in [0.3, 0.4) is 0 Å². The van der Waals surface area contributed by atoms with Gasteiger partial charge in [-0.05, 0) is 6.07 Å². The first-order chi connectivity index (χ1) is 20.4. The number of nitrogen functional groups attached to an aromatic ring is 1. The Morgan fingerprint density at radius 1 is 1.35 bits per heavy atom. The Kier molecular flexibility index (Phi) is 8.10. The molecule has 5 rings (SSSR count). The average Bonchev–Trinajstić information content (AvgIpc) is 3.40. The Labute approximate surface area is 248 Å². The van der Waals surface area contributed by atoms with E-state index >= 15 is 0 Å². The number of carboxylic acids is 1. The van der Waals surface area contributed by atoms with Crippen LogP contribution in [0.25, 0.3) is 0 Å². The molecule has 2 aliphatic rings. The summed E-state index contributed by atoms with van der Waals surface area (Å²) in [6.07, 6.45) is 5.66. The van der Waals surface area contributed by atoms with Crippen molar-refractivity contribution in [2.75, 3.05) is 5.73 Å². The molecule has 0 bridgehead atoms. The quantitative estimate of drug-likeness (QED) is 0.0447. The molecule has 228 valence electrons. The van der Waals surface area contributed by atoms with E-state index in [0.717, 1.165) is 21.7 Å². The number of amides is 2. The van der Waals surface area contributed by atoms with E-state index in [-0.39, 0.29) is 34.5 Å². The number of hydrogen-bond donors (Lipinski definition) is 5. The van der Waals surface area contributed by atoms with Crippen molar-refractivity contribution in [3.63, 3.8) is 0 Å². The molecule has 1 saturated heterocycles. The molecule has 1 aliphatic heterocycles. The maximum absolute atomic E-state index is 13.2. The molecule has 43 heavy (non-hydrogen) atoms. The summed E-state index contributed by atoms with van der Waals surface area (Å²) in [6, 6.07) is 1.12. The Morgan fingerprint density at radius 2 is 2.12 bits per heavy atom. The van der Waals surface area contributed by atoms with E-state index in [9.17, 15) is 32.5 Å². The van der Waals surface area contributed by atoms with E-state index in [1.165, 1.54) is 11.6 Å². The first-order valence-corrected chi connectivity index (χ1v) is 15.0. The van der Waals surface area contributed by atoms with Crippen molar-refractivity contribution in [2.45, 2.75) is 50.2 Å². The first kappa shape index (κ1) is 29.9. The number of pyridine rings is 1. The number of rotatable bonds is 13. The van der Waals surface area contributed by atoms with Crippen molar-refractivity contribution >= 4 is 50.3 Å². The van der Waals surface area contributed by atoms with E-state index in [0.29, 0.717) is 18.8 Å². The second-order valence-corrected chi connectivity index (χ2v) is 12.1. The van der Waals surface area contributed by atoms with Gasteiger partial charge in [-0.15, -0.1) is 11.3 Å². The van der Waals surface area contributed by atoms with Crippen LogP contribution in [0.5, 0.6) is 0 Å². The molecule has 3 aromatic heterocycles. The number of oxime groups is 1. The SMILES string of the molecule is C[n+]1cccc(CNCc2cnn(C[C@@H]3[C@H](NC(=O)/C(=N/OC4(C(=O)O)CC4)c4csc(N)n4)C(=O)N3S(=O)(=O)O)n2)c1. The molecular weight excluding hydrogens is 608 g/mol. The average molecular weight is 636 g/mol. The van der Waals surface area contributed by atoms with Gasteiger partial charge in [-0.3, -0.25) is 14.1 Å². The van der Waals surface area contributed by atoms with Gasteiger partial charge in [0.1, 0.15) is 24.8 Å². The fourth-order valence-corrected chi connectivity index (χ4v) is 5.72. The lowest BCUT2D eigenvalue weighted by Crippen LogP contribution is -2.73. The molecule has 1 saturated carbocycles. The molecule has 2 amide bonds. The minimum atomic E-state index is -4.99. The maximum Gasteiger partial charge on any atom is 0.362 e. The molecule has 0 spiro atoms. The monoisotopic (exact) mass is 635 g/mol. The van der Waals surface area contributed by atoms with Gasteiger partial charge in [0.25, 0.3) is 11.8 Å². The molecule has 0 radical (unpaired) electrons. The Bertz CT molecular complexity index is 1700. The van der Waals surface area contributed by atoms with Crippen molar-refractivity contribution in [3.8, 4) is 0 Å². The van der Waals surface area contributed by atoms with Crippen LogP contribution < -0.4 is 20.9 Å². The number of hydrogen-bond acceptors (Lipinski definition) is 13. The number of aliphatic carboxylic acids is 1. The Hall–Kier alpha value is -4.53. The number of carbonyl (C=O) groups is 3. The minimum Gasteiger partial charge on any atom is -0.478 e. The van der Waals surface area contributed by atoms with Gasteiger partial charge in [-0.2, -0.15) is 23.4 Å². The number of carboxylic acid groups (broad SMARTS) is 1. The van der Waals surface area contributed by atoms with Crippen molar-refractivity contribution in [2.24, 2.45) is 12.2 Å². The van der Waals surface area contributed by atoms with Crippen LogP contribution in [0, 0.1) is 0 Å². The minimum absolute atomic E-state index is 0.0497. The van der Waals surface area contributed by atoms with Gasteiger partial charge in [-0.25, -0.2) is 18.7 Å². The molecule has 0 aromatic carbocycles. The number of anilines is 1. The van der Waals surface area contributed by atoms with E-state index in [2.05, 4.69) is 31.0 Å². The normalized spacial score (nSPS) is 19.5. The third kappa shape index (κ3) is 6.61.